The van der Waals surface area contributed by atoms with Gasteiger partial charge in [0.1, 0.15) is 5.54 Å². The van der Waals surface area contributed by atoms with E-state index in [-0.39, 0.29) is 0 Å². The van der Waals surface area contributed by atoms with E-state index in [0.29, 0.717) is 0 Å². The Kier molecular flexibility index (Phi) is 5.22. The number of rotatable bonds is 6. The lowest BCUT2D eigenvalue weighted by atomic mass is 9.86. The van der Waals surface area contributed by atoms with Crippen molar-refractivity contribution in [2.24, 2.45) is 0 Å². The Labute approximate surface area is 98.0 Å². The van der Waals surface area contributed by atoms with Crippen molar-refractivity contribution in [2.75, 3.05) is 26.2 Å². The number of aliphatic carboxylic acids is 1. The van der Waals surface area contributed by atoms with Crippen LogP contribution in [0.25, 0.3) is 0 Å². The molecule has 1 rings (SSSR count). The van der Waals surface area contributed by atoms with Crippen molar-refractivity contribution in [3.8, 4) is 0 Å². The second kappa shape index (κ2) is 6.21. The van der Waals surface area contributed by atoms with Crippen molar-refractivity contribution in [3.63, 3.8) is 0 Å². The van der Waals surface area contributed by atoms with Crippen LogP contribution in [-0.2, 0) is 4.79 Å². The largest absolute Gasteiger partial charge is 0.480 e. The van der Waals surface area contributed by atoms with Gasteiger partial charge in [-0.2, -0.15) is 0 Å². The van der Waals surface area contributed by atoms with Gasteiger partial charge in [0, 0.05) is 26.2 Å². The highest BCUT2D eigenvalue weighted by molar-refractivity contribution is 5.78. The van der Waals surface area contributed by atoms with Crippen molar-refractivity contribution in [1.29, 1.82) is 0 Å². The Morgan fingerprint density at radius 3 is 2.12 bits per heavy atom. The van der Waals surface area contributed by atoms with Gasteiger partial charge in [-0.25, -0.2) is 0 Å². The highest BCUT2D eigenvalue weighted by atomic mass is 16.4. The van der Waals surface area contributed by atoms with Crippen molar-refractivity contribution in [1.82, 2.24) is 10.2 Å². The Morgan fingerprint density at radius 2 is 1.75 bits per heavy atom. The first-order chi connectivity index (χ1) is 7.67. The van der Waals surface area contributed by atoms with Crippen LogP contribution in [0.2, 0.25) is 0 Å². The minimum atomic E-state index is -0.641. The van der Waals surface area contributed by atoms with E-state index in [9.17, 15) is 9.90 Å². The standard InChI is InChI=1S/C12H24N2O2/c1-3-5-12(6-4-2,11(15)16)14-9-7-13-8-10-14/h13H,3-10H2,1-2H3,(H,15,16). The average molecular weight is 228 g/mol. The Bertz CT molecular complexity index is 219. The molecule has 2 N–H and O–H groups in total. The zero-order valence-corrected chi connectivity index (χ0v) is 10.5. The van der Waals surface area contributed by atoms with E-state index in [1.807, 2.05) is 0 Å². The molecule has 1 fully saturated rings. The molecule has 0 aromatic rings. The molecule has 0 radical (unpaired) electrons. The minimum Gasteiger partial charge on any atom is -0.480 e. The predicted octanol–water partition coefficient (Wildman–Crippen LogP) is 1.32. The molecule has 0 aromatic heterocycles. The summed E-state index contributed by atoms with van der Waals surface area (Å²) in [4.78, 5) is 13.8. The summed E-state index contributed by atoms with van der Waals surface area (Å²) in [5.74, 6) is -0.641. The third kappa shape index (κ3) is 2.74. The molecule has 1 saturated heterocycles. The van der Waals surface area contributed by atoms with E-state index in [0.717, 1.165) is 51.9 Å². The second-order valence-corrected chi connectivity index (χ2v) is 4.57. The van der Waals surface area contributed by atoms with Gasteiger partial charge in [0.05, 0.1) is 0 Å². The molecule has 0 atom stereocenters. The molecule has 1 aliphatic rings. The van der Waals surface area contributed by atoms with E-state index in [1.54, 1.807) is 0 Å². The van der Waals surface area contributed by atoms with E-state index < -0.39 is 11.5 Å². The lowest BCUT2D eigenvalue weighted by Crippen LogP contribution is -2.60. The molecule has 16 heavy (non-hydrogen) atoms. The van der Waals surface area contributed by atoms with Crippen LogP contribution in [-0.4, -0.2) is 47.7 Å². The quantitative estimate of drug-likeness (QED) is 0.720. The number of nitrogens with zero attached hydrogens (tertiary/aromatic N) is 1. The fourth-order valence-corrected chi connectivity index (χ4v) is 2.71. The monoisotopic (exact) mass is 228 g/mol. The van der Waals surface area contributed by atoms with Gasteiger partial charge in [0.25, 0.3) is 0 Å². The van der Waals surface area contributed by atoms with Gasteiger partial charge in [0.2, 0.25) is 0 Å². The molecule has 4 heteroatoms. The minimum absolute atomic E-state index is 0.619. The van der Waals surface area contributed by atoms with Crippen molar-refractivity contribution < 1.29 is 9.90 Å². The summed E-state index contributed by atoms with van der Waals surface area (Å²) in [6.45, 7) is 7.65. The van der Waals surface area contributed by atoms with Gasteiger partial charge in [-0.15, -0.1) is 0 Å². The van der Waals surface area contributed by atoms with Crippen LogP contribution >= 0.6 is 0 Å². The lowest BCUT2D eigenvalue weighted by molar-refractivity contribution is -0.153. The molecule has 0 saturated carbocycles. The maximum atomic E-state index is 11.6. The van der Waals surface area contributed by atoms with E-state index in [1.165, 1.54) is 0 Å². The summed E-state index contributed by atoms with van der Waals surface area (Å²) < 4.78 is 0. The maximum absolute atomic E-state index is 11.6. The number of hydrogen-bond acceptors (Lipinski definition) is 3. The van der Waals surface area contributed by atoms with Crippen LogP contribution in [0.3, 0.4) is 0 Å². The highest BCUT2D eigenvalue weighted by Crippen LogP contribution is 2.28. The van der Waals surface area contributed by atoms with Gasteiger partial charge in [-0.1, -0.05) is 26.7 Å². The molecule has 0 bridgehead atoms. The number of hydrogen-bond donors (Lipinski definition) is 2. The SMILES string of the molecule is CCCC(CCC)(C(=O)O)N1CCNCC1. The van der Waals surface area contributed by atoms with Gasteiger partial charge in [-0.05, 0) is 12.8 Å². The number of nitrogens with one attached hydrogen (secondary N) is 1. The summed E-state index contributed by atoms with van der Waals surface area (Å²) in [5.41, 5.74) is -0.619. The normalized spacial score (nSPS) is 18.6. The van der Waals surface area contributed by atoms with Crippen LogP contribution in [0.15, 0.2) is 0 Å². The van der Waals surface area contributed by atoms with E-state index >= 15 is 0 Å². The molecule has 0 amide bonds. The molecular weight excluding hydrogens is 204 g/mol. The zero-order chi connectivity index (χ0) is 12.0. The third-order valence-corrected chi connectivity index (χ3v) is 3.45. The van der Waals surface area contributed by atoms with Crippen LogP contribution in [0.1, 0.15) is 39.5 Å². The fraction of sp³-hybridized carbons (Fsp3) is 0.917. The predicted molar refractivity (Wildman–Crippen MR) is 64.6 cm³/mol. The number of carboxylic acids is 1. The smallest absolute Gasteiger partial charge is 0.324 e. The topological polar surface area (TPSA) is 52.6 Å². The molecule has 4 nitrogen and oxygen atoms in total. The van der Waals surface area contributed by atoms with Crippen molar-refractivity contribution >= 4 is 5.97 Å². The number of piperazine rings is 1. The summed E-state index contributed by atoms with van der Waals surface area (Å²) in [6.07, 6.45) is 3.37. The number of carboxylic acid groups (broad SMARTS) is 1. The Balaban J connectivity index is 2.84. The van der Waals surface area contributed by atoms with Crippen molar-refractivity contribution in [3.05, 3.63) is 0 Å². The molecule has 1 heterocycles. The maximum Gasteiger partial charge on any atom is 0.324 e. The molecule has 0 unspecified atom stereocenters. The van der Waals surface area contributed by atoms with E-state index in [2.05, 4.69) is 24.1 Å². The molecule has 0 aliphatic carbocycles. The van der Waals surface area contributed by atoms with Gasteiger partial charge in [-0.3, -0.25) is 9.69 Å². The second-order valence-electron chi connectivity index (χ2n) is 4.57. The Morgan fingerprint density at radius 1 is 1.25 bits per heavy atom. The zero-order valence-electron chi connectivity index (χ0n) is 10.5. The van der Waals surface area contributed by atoms with Crippen LogP contribution in [0, 0.1) is 0 Å². The molecule has 1 aliphatic heterocycles. The van der Waals surface area contributed by atoms with Gasteiger partial charge < -0.3 is 10.4 Å². The summed E-state index contributed by atoms with van der Waals surface area (Å²) >= 11 is 0. The molecule has 0 aromatic carbocycles. The van der Waals surface area contributed by atoms with Crippen molar-refractivity contribution in [2.45, 2.75) is 45.1 Å². The first kappa shape index (κ1) is 13.5. The van der Waals surface area contributed by atoms with Crippen LogP contribution in [0.4, 0.5) is 0 Å². The van der Waals surface area contributed by atoms with Crippen LogP contribution < -0.4 is 5.32 Å². The summed E-state index contributed by atoms with van der Waals surface area (Å²) in [7, 11) is 0. The van der Waals surface area contributed by atoms with Crippen LogP contribution in [0.5, 0.6) is 0 Å². The highest BCUT2D eigenvalue weighted by Gasteiger charge is 2.42. The molecule has 0 spiro atoms. The molecular formula is C12H24N2O2. The summed E-state index contributed by atoms with van der Waals surface area (Å²) in [6, 6.07) is 0. The Hall–Kier alpha value is -0.610. The third-order valence-electron chi connectivity index (χ3n) is 3.45. The van der Waals surface area contributed by atoms with Gasteiger partial charge >= 0.3 is 5.97 Å². The van der Waals surface area contributed by atoms with Gasteiger partial charge in [0.15, 0.2) is 0 Å². The summed E-state index contributed by atoms with van der Waals surface area (Å²) in [5, 5.41) is 12.9. The first-order valence-corrected chi connectivity index (χ1v) is 6.36. The fourth-order valence-electron chi connectivity index (χ4n) is 2.71. The molecule has 94 valence electrons. The number of carbonyl (C=O) groups is 1. The average Bonchev–Trinajstić information content (AvgIpc) is 2.29. The lowest BCUT2D eigenvalue weighted by Gasteiger charge is -2.43. The van der Waals surface area contributed by atoms with E-state index in [4.69, 9.17) is 0 Å². The first-order valence-electron chi connectivity index (χ1n) is 6.36.